The molecule has 0 atom stereocenters. The summed E-state index contributed by atoms with van der Waals surface area (Å²) in [6.07, 6.45) is 2.21. The second-order valence-corrected chi connectivity index (χ2v) is 5.09. The van der Waals surface area contributed by atoms with Crippen LogP contribution in [-0.4, -0.2) is 21.6 Å². The van der Waals surface area contributed by atoms with Gasteiger partial charge in [0.15, 0.2) is 5.76 Å². The van der Waals surface area contributed by atoms with Gasteiger partial charge in [0.2, 0.25) is 5.95 Å². The van der Waals surface area contributed by atoms with E-state index in [4.69, 9.17) is 10.2 Å². The predicted molar refractivity (Wildman–Crippen MR) is 89.2 cm³/mol. The van der Waals surface area contributed by atoms with Crippen molar-refractivity contribution in [2.45, 2.75) is 6.42 Å². The number of nitriles is 1. The van der Waals surface area contributed by atoms with Crippen molar-refractivity contribution in [2.75, 3.05) is 17.6 Å². The van der Waals surface area contributed by atoms with E-state index in [1.807, 2.05) is 12.1 Å². The lowest BCUT2D eigenvalue weighted by molar-refractivity contribution is 0.475. The smallest absolute Gasteiger partial charge is 0.222 e. The summed E-state index contributed by atoms with van der Waals surface area (Å²) in [5.74, 6) is 1.12. The van der Waals surface area contributed by atoms with Gasteiger partial charge in [0.1, 0.15) is 28.9 Å². The fraction of sp³-hybridized carbons (Fsp3) is 0.118. The van der Waals surface area contributed by atoms with E-state index in [9.17, 15) is 10.4 Å². The minimum Gasteiger partial charge on any atom is -0.508 e. The van der Waals surface area contributed by atoms with Gasteiger partial charge in [0, 0.05) is 6.54 Å². The van der Waals surface area contributed by atoms with Gasteiger partial charge in [-0.25, -0.2) is 4.98 Å². The molecule has 1 aromatic carbocycles. The molecule has 24 heavy (non-hydrogen) atoms. The van der Waals surface area contributed by atoms with Crippen LogP contribution in [0, 0.1) is 11.3 Å². The van der Waals surface area contributed by atoms with Crippen molar-refractivity contribution in [1.82, 2.24) is 9.97 Å². The van der Waals surface area contributed by atoms with Crippen LogP contribution in [0.15, 0.2) is 47.1 Å². The lowest BCUT2D eigenvalue weighted by atomic mass is 10.1. The summed E-state index contributed by atoms with van der Waals surface area (Å²) in [6.45, 7) is 0.549. The van der Waals surface area contributed by atoms with E-state index in [0.29, 0.717) is 30.2 Å². The van der Waals surface area contributed by atoms with E-state index in [-0.39, 0.29) is 17.3 Å². The molecule has 0 aliphatic heterocycles. The highest BCUT2D eigenvalue weighted by molar-refractivity contribution is 5.71. The monoisotopic (exact) mass is 321 g/mol. The zero-order valence-corrected chi connectivity index (χ0v) is 12.7. The molecule has 0 bridgehead atoms. The van der Waals surface area contributed by atoms with Gasteiger partial charge in [-0.3, -0.25) is 0 Å². The van der Waals surface area contributed by atoms with Crippen LogP contribution in [0.3, 0.4) is 0 Å². The molecule has 7 nitrogen and oxygen atoms in total. The summed E-state index contributed by atoms with van der Waals surface area (Å²) in [5.41, 5.74) is 7.44. The summed E-state index contributed by atoms with van der Waals surface area (Å²) in [5, 5.41) is 21.9. The Morgan fingerprint density at radius 2 is 2.00 bits per heavy atom. The third-order valence-corrected chi connectivity index (χ3v) is 3.44. The first-order valence-corrected chi connectivity index (χ1v) is 7.30. The number of hydrogen-bond donors (Lipinski definition) is 3. The number of phenolic OH excluding ortho intramolecular Hbond substituents is 1. The number of aromatic hydroxyl groups is 1. The van der Waals surface area contributed by atoms with Gasteiger partial charge < -0.3 is 20.6 Å². The van der Waals surface area contributed by atoms with Gasteiger partial charge in [0.25, 0.3) is 0 Å². The van der Waals surface area contributed by atoms with Crippen molar-refractivity contribution in [2.24, 2.45) is 0 Å². The number of aromatic nitrogens is 2. The van der Waals surface area contributed by atoms with E-state index in [1.165, 1.54) is 6.26 Å². The summed E-state index contributed by atoms with van der Waals surface area (Å²) in [4.78, 5) is 8.22. The van der Waals surface area contributed by atoms with E-state index < -0.39 is 0 Å². The van der Waals surface area contributed by atoms with E-state index in [1.54, 1.807) is 24.3 Å². The number of rotatable bonds is 5. The molecule has 0 aliphatic carbocycles. The molecule has 0 aliphatic rings. The topological polar surface area (TPSA) is 121 Å². The van der Waals surface area contributed by atoms with Crippen molar-refractivity contribution in [3.05, 3.63) is 53.8 Å². The molecule has 3 rings (SSSR count). The Morgan fingerprint density at radius 1 is 1.21 bits per heavy atom. The van der Waals surface area contributed by atoms with Gasteiger partial charge in [-0.2, -0.15) is 10.2 Å². The largest absolute Gasteiger partial charge is 0.508 e. The van der Waals surface area contributed by atoms with Crippen LogP contribution in [0.25, 0.3) is 11.5 Å². The number of anilines is 2. The molecule has 0 amide bonds. The van der Waals surface area contributed by atoms with E-state index >= 15 is 0 Å². The molecule has 120 valence electrons. The standard InChI is InChI=1S/C17H15N5O2/c18-10-13-15(14-2-1-9-24-14)21-17(19)22-16(13)20-8-7-11-3-5-12(23)6-4-11/h1-6,9,23H,7-8H2,(H3,19,20,21,22). The molecule has 0 spiro atoms. The number of nitrogens with two attached hydrogens (primary N) is 1. The molecule has 0 fully saturated rings. The van der Waals surface area contributed by atoms with Crippen LogP contribution >= 0.6 is 0 Å². The first kappa shape index (κ1) is 15.4. The fourth-order valence-electron chi connectivity index (χ4n) is 2.29. The zero-order valence-electron chi connectivity index (χ0n) is 12.7. The maximum atomic E-state index is 9.46. The third-order valence-electron chi connectivity index (χ3n) is 3.44. The second kappa shape index (κ2) is 6.71. The summed E-state index contributed by atoms with van der Waals surface area (Å²) in [6, 6.07) is 12.5. The van der Waals surface area contributed by atoms with E-state index in [2.05, 4.69) is 21.4 Å². The average Bonchev–Trinajstić information content (AvgIpc) is 3.10. The van der Waals surface area contributed by atoms with Crippen molar-refractivity contribution < 1.29 is 9.52 Å². The molecule has 4 N–H and O–H groups in total. The number of nitrogens with one attached hydrogen (secondary N) is 1. The molecular formula is C17H15N5O2. The maximum Gasteiger partial charge on any atom is 0.222 e. The molecule has 0 saturated heterocycles. The Kier molecular flexibility index (Phi) is 4.29. The highest BCUT2D eigenvalue weighted by Crippen LogP contribution is 2.27. The lowest BCUT2D eigenvalue weighted by Crippen LogP contribution is -2.11. The fourth-order valence-corrected chi connectivity index (χ4v) is 2.29. The number of nitrogens with zero attached hydrogens (tertiary/aromatic N) is 3. The molecule has 2 heterocycles. The number of benzene rings is 1. The Hall–Kier alpha value is -3.53. The van der Waals surface area contributed by atoms with Crippen LogP contribution in [-0.2, 0) is 6.42 Å². The quantitative estimate of drug-likeness (QED) is 0.660. The van der Waals surface area contributed by atoms with Gasteiger partial charge in [-0.05, 0) is 36.2 Å². The highest BCUT2D eigenvalue weighted by Gasteiger charge is 2.16. The van der Waals surface area contributed by atoms with Crippen LogP contribution in [0.4, 0.5) is 11.8 Å². The molecule has 0 unspecified atom stereocenters. The first-order chi connectivity index (χ1) is 11.7. The van der Waals surface area contributed by atoms with Gasteiger partial charge in [0.05, 0.1) is 6.26 Å². The lowest BCUT2D eigenvalue weighted by Gasteiger charge is -2.10. The van der Waals surface area contributed by atoms with Crippen LogP contribution < -0.4 is 11.1 Å². The molecule has 3 aromatic rings. The van der Waals surface area contributed by atoms with E-state index in [0.717, 1.165) is 5.56 Å². The predicted octanol–water partition coefficient (Wildman–Crippen LogP) is 2.55. The number of hydrogen-bond acceptors (Lipinski definition) is 7. The zero-order chi connectivity index (χ0) is 16.9. The summed E-state index contributed by atoms with van der Waals surface area (Å²) >= 11 is 0. The minimum atomic E-state index is 0.0625. The van der Waals surface area contributed by atoms with Crippen molar-refractivity contribution in [3.63, 3.8) is 0 Å². The number of furan rings is 1. The summed E-state index contributed by atoms with van der Waals surface area (Å²) in [7, 11) is 0. The van der Waals surface area contributed by atoms with Gasteiger partial charge >= 0.3 is 0 Å². The Balaban J connectivity index is 1.80. The Labute approximate surface area is 138 Å². The molecule has 0 saturated carbocycles. The minimum absolute atomic E-state index is 0.0625. The first-order valence-electron chi connectivity index (χ1n) is 7.30. The van der Waals surface area contributed by atoms with Crippen molar-refractivity contribution in [3.8, 4) is 23.3 Å². The highest BCUT2D eigenvalue weighted by atomic mass is 16.3. The average molecular weight is 321 g/mol. The molecule has 7 heteroatoms. The third kappa shape index (κ3) is 3.28. The summed E-state index contributed by atoms with van der Waals surface area (Å²) < 4.78 is 5.31. The molecule has 2 aromatic heterocycles. The van der Waals surface area contributed by atoms with Crippen molar-refractivity contribution >= 4 is 11.8 Å². The Bertz CT molecular complexity index is 867. The molecule has 0 radical (unpaired) electrons. The van der Waals surface area contributed by atoms with Crippen molar-refractivity contribution in [1.29, 1.82) is 5.26 Å². The number of nitrogen functional groups attached to an aromatic ring is 1. The van der Waals surface area contributed by atoms with Gasteiger partial charge in [-0.1, -0.05) is 12.1 Å². The Morgan fingerprint density at radius 3 is 2.67 bits per heavy atom. The van der Waals surface area contributed by atoms with Crippen LogP contribution in [0.5, 0.6) is 5.75 Å². The SMILES string of the molecule is N#Cc1c(NCCc2ccc(O)cc2)nc(N)nc1-c1ccco1. The molecular weight excluding hydrogens is 306 g/mol. The second-order valence-electron chi connectivity index (χ2n) is 5.09. The maximum absolute atomic E-state index is 9.46. The van der Waals surface area contributed by atoms with Gasteiger partial charge in [-0.15, -0.1) is 0 Å². The number of phenols is 1. The van der Waals surface area contributed by atoms with Crippen LogP contribution in [0.1, 0.15) is 11.1 Å². The normalized spacial score (nSPS) is 10.3. The van der Waals surface area contributed by atoms with Crippen LogP contribution in [0.2, 0.25) is 0 Å².